The third-order valence-electron chi connectivity index (χ3n) is 3.54. The third kappa shape index (κ3) is 7.53. The fraction of sp³-hybridized carbons (Fsp3) is 0.933. The minimum atomic E-state index is -0.136. The van der Waals surface area contributed by atoms with Gasteiger partial charge in [-0.05, 0) is 58.9 Å². The molecule has 1 amide bonds. The Kier molecular flexibility index (Phi) is 6.80. The quantitative estimate of drug-likeness (QED) is 0.773. The number of carbonyl (C=O) groups excluding carboxylic acids is 1. The van der Waals surface area contributed by atoms with Crippen LogP contribution in [0.25, 0.3) is 0 Å². The molecule has 1 atom stereocenters. The van der Waals surface area contributed by atoms with Gasteiger partial charge in [-0.1, -0.05) is 0 Å². The van der Waals surface area contributed by atoms with Gasteiger partial charge in [-0.2, -0.15) is 0 Å². The van der Waals surface area contributed by atoms with Crippen molar-refractivity contribution in [1.82, 2.24) is 10.2 Å². The van der Waals surface area contributed by atoms with Crippen LogP contribution in [0.2, 0.25) is 0 Å². The summed E-state index contributed by atoms with van der Waals surface area (Å²) in [7, 11) is 0. The van der Waals surface area contributed by atoms with Crippen LogP contribution >= 0.6 is 0 Å². The van der Waals surface area contributed by atoms with Crippen LogP contribution in [0.3, 0.4) is 0 Å². The lowest BCUT2D eigenvalue weighted by Crippen LogP contribution is -2.43. The normalized spacial score (nSPS) is 21.4. The van der Waals surface area contributed by atoms with Crippen LogP contribution in [0.4, 0.5) is 0 Å². The van der Waals surface area contributed by atoms with Crippen LogP contribution in [0.5, 0.6) is 0 Å². The SMILES string of the molecule is CC(C)(C)NC(=O)CCN1CCCC(CCCO)C1. The zero-order valence-electron chi connectivity index (χ0n) is 12.7. The van der Waals surface area contributed by atoms with E-state index in [4.69, 9.17) is 5.11 Å². The van der Waals surface area contributed by atoms with Crippen molar-refractivity contribution < 1.29 is 9.90 Å². The highest BCUT2D eigenvalue weighted by molar-refractivity contribution is 5.76. The van der Waals surface area contributed by atoms with Crippen molar-refractivity contribution in [1.29, 1.82) is 0 Å². The molecule has 0 aliphatic carbocycles. The number of aliphatic hydroxyl groups is 1. The van der Waals surface area contributed by atoms with Crippen molar-refractivity contribution in [3.05, 3.63) is 0 Å². The second-order valence-corrected chi connectivity index (χ2v) is 6.72. The lowest BCUT2D eigenvalue weighted by molar-refractivity contribution is -0.122. The summed E-state index contributed by atoms with van der Waals surface area (Å²) in [6, 6.07) is 0. The molecule has 0 aromatic heterocycles. The molecule has 1 aliphatic heterocycles. The Morgan fingerprint density at radius 3 is 2.79 bits per heavy atom. The predicted molar refractivity (Wildman–Crippen MR) is 78.0 cm³/mol. The molecule has 2 N–H and O–H groups in total. The first kappa shape index (κ1) is 16.4. The first-order chi connectivity index (χ1) is 8.90. The smallest absolute Gasteiger partial charge is 0.221 e. The van der Waals surface area contributed by atoms with Crippen molar-refractivity contribution in [3.63, 3.8) is 0 Å². The second-order valence-electron chi connectivity index (χ2n) is 6.72. The zero-order chi connectivity index (χ0) is 14.3. The van der Waals surface area contributed by atoms with Gasteiger partial charge in [0.05, 0.1) is 0 Å². The van der Waals surface area contributed by atoms with Crippen LogP contribution in [-0.2, 0) is 4.79 Å². The fourth-order valence-corrected chi connectivity index (χ4v) is 2.71. The monoisotopic (exact) mass is 270 g/mol. The maximum absolute atomic E-state index is 11.8. The average molecular weight is 270 g/mol. The molecule has 0 aromatic carbocycles. The fourth-order valence-electron chi connectivity index (χ4n) is 2.71. The Morgan fingerprint density at radius 2 is 2.16 bits per heavy atom. The van der Waals surface area contributed by atoms with Gasteiger partial charge in [0.2, 0.25) is 5.91 Å². The van der Waals surface area contributed by atoms with Crippen molar-refractivity contribution >= 4 is 5.91 Å². The van der Waals surface area contributed by atoms with E-state index in [9.17, 15) is 4.79 Å². The number of rotatable bonds is 6. The van der Waals surface area contributed by atoms with Crippen LogP contribution in [0.1, 0.15) is 52.9 Å². The molecule has 1 fully saturated rings. The van der Waals surface area contributed by atoms with Crippen molar-refractivity contribution in [2.24, 2.45) is 5.92 Å². The van der Waals surface area contributed by atoms with E-state index >= 15 is 0 Å². The number of hydrogen-bond acceptors (Lipinski definition) is 3. The molecule has 1 rings (SSSR count). The van der Waals surface area contributed by atoms with E-state index in [2.05, 4.69) is 10.2 Å². The Hall–Kier alpha value is -0.610. The number of amides is 1. The lowest BCUT2D eigenvalue weighted by atomic mass is 9.93. The Balaban J connectivity index is 2.23. The predicted octanol–water partition coefficient (Wildman–Crippen LogP) is 1.78. The summed E-state index contributed by atoms with van der Waals surface area (Å²) in [5.41, 5.74) is -0.136. The number of piperidine rings is 1. The van der Waals surface area contributed by atoms with E-state index in [0.717, 1.165) is 32.5 Å². The molecule has 0 bridgehead atoms. The molecular weight excluding hydrogens is 240 g/mol. The molecule has 4 nitrogen and oxygen atoms in total. The lowest BCUT2D eigenvalue weighted by Gasteiger charge is -2.32. The van der Waals surface area contributed by atoms with Gasteiger partial charge in [0.1, 0.15) is 0 Å². The highest BCUT2D eigenvalue weighted by Gasteiger charge is 2.20. The summed E-state index contributed by atoms with van der Waals surface area (Å²) in [6.45, 7) is 9.38. The van der Waals surface area contributed by atoms with Gasteiger partial charge in [-0.15, -0.1) is 0 Å². The molecule has 1 heterocycles. The van der Waals surface area contributed by atoms with Crippen LogP contribution < -0.4 is 5.32 Å². The van der Waals surface area contributed by atoms with Crippen molar-refractivity contribution in [2.45, 2.75) is 58.4 Å². The number of nitrogens with zero attached hydrogens (tertiary/aromatic N) is 1. The number of nitrogens with one attached hydrogen (secondary N) is 1. The molecule has 1 saturated heterocycles. The van der Waals surface area contributed by atoms with E-state index in [1.54, 1.807) is 0 Å². The van der Waals surface area contributed by atoms with Crippen LogP contribution in [0, 0.1) is 5.92 Å². The molecule has 0 spiro atoms. The molecule has 1 unspecified atom stereocenters. The minimum absolute atomic E-state index is 0.136. The maximum atomic E-state index is 11.8. The Bertz CT molecular complexity index is 274. The Morgan fingerprint density at radius 1 is 1.42 bits per heavy atom. The summed E-state index contributed by atoms with van der Waals surface area (Å²) < 4.78 is 0. The highest BCUT2D eigenvalue weighted by Crippen LogP contribution is 2.20. The van der Waals surface area contributed by atoms with Gasteiger partial charge in [-0.25, -0.2) is 0 Å². The zero-order valence-corrected chi connectivity index (χ0v) is 12.7. The molecule has 4 heteroatoms. The van der Waals surface area contributed by atoms with Gasteiger partial charge >= 0.3 is 0 Å². The van der Waals surface area contributed by atoms with Crippen LogP contribution in [-0.4, -0.2) is 47.7 Å². The number of carbonyl (C=O) groups is 1. The first-order valence-electron chi connectivity index (χ1n) is 7.55. The number of aliphatic hydroxyl groups excluding tert-OH is 1. The summed E-state index contributed by atoms with van der Waals surface area (Å²) >= 11 is 0. The van der Waals surface area contributed by atoms with Gasteiger partial charge in [0, 0.05) is 31.7 Å². The molecule has 1 aliphatic rings. The molecule has 0 saturated carbocycles. The second kappa shape index (κ2) is 7.85. The van der Waals surface area contributed by atoms with Gasteiger partial charge < -0.3 is 15.3 Å². The van der Waals surface area contributed by atoms with Gasteiger partial charge in [-0.3, -0.25) is 4.79 Å². The van der Waals surface area contributed by atoms with Crippen LogP contribution in [0.15, 0.2) is 0 Å². The highest BCUT2D eigenvalue weighted by atomic mass is 16.2. The molecule has 19 heavy (non-hydrogen) atoms. The van der Waals surface area contributed by atoms with E-state index < -0.39 is 0 Å². The summed E-state index contributed by atoms with van der Waals surface area (Å²) in [4.78, 5) is 14.2. The maximum Gasteiger partial charge on any atom is 0.221 e. The summed E-state index contributed by atoms with van der Waals surface area (Å²) in [6.07, 6.45) is 5.09. The topological polar surface area (TPSA) is 52.6 Å². The summed E-state index contributed by atoms with van der Waals surface area (Å²) in [5, 5.41) is 11.9. The van der Waals surface area contributed by atoms with E-state index in [-0.39, 0.29) is 11.4 Å². The van der Waals surface area contributed by atoms with E-state index in [1.807, 2.05) is 20.8 Å². The first-order valence-corrected chi connectivity index (χ1v) is 7.55. The largest absolute Gasteiger partial charge is 0.396 e. The van der Waals surface area contributed by atoms with Gasteiger partial charge in [0.15, 0.2) is 0 Å². The van der Waals surface area contributed by atoms with Gasteiger partial charge in [0.25, 0.3) is 0 Å². The molecule has 112 valence electrons. The van der Waals surface area contributed by atoms with Crippen molar-refractivity contribution in [3.8, 4) is 0 Å². The Labute approximate surface area is 117 Å². The average Bonchev–Trinajstić information content (AvgIpc) is 2.32. The molecule has 0 radical (unpaired) electrons. The molecular formula is C15H30N2O2. The molecule has 0 aromatic rings. The standard InChI is InChI=1S/C15H30N2O2/c1-15(2,3)16-14(19)8-10-17-9-4-6-13(12-17)7-5-11-18/h13,18H,4-12H2,1-3H3,(H,16,19). The number of hydrogen-bond donors (Lipinski definition) is 2. The van der Waals surface area contributed by atoms with E-state index in [0.29, 0.717) is 18.9 Å². The number of likely N-dealkylation sites (tertiary alicyclic amines) is 1. The van der Waals surface area contributed by atoms with Crippen molar-refractivity contribution in [2.75, 3.05) is 26.2 Å². The van der Waals surface area contributed by atoms with E-state index in [1.165, 1.54) is 12.8 Å². The third-order valence-corrected chi connectivity index (χ3v) is 3.54. The summed E-state index contributed by atoms with van der Waals surface area (Å²) in [5.74, 6) is 0.844. The minimum Gasteiger partial charge on any atom is -0.396 e.